The molecule has 0 spiro atoms. The van der Waals surface area contributed by atoms with Crippen LogP contribution < -0.4 is 4.72 Å². The van der Waals surface area contributed by atoms with E-state index in [9.17, 15) is 13.2 Å². The van der Waals surface area contributed by atoms with Gasteiger partial charge in [0.05, 0.1) is 18.1 Å². The summed E-state index contributed by atoms with van der Waals surface area (Å²) >= 11 is 5.99. The van der Waals surface area contributed by atoms with Crippen molar-refractivity contribution in [3.63, 3.8) is 0 Å². The summed E-state index contributed by atoms with van der Waals surface area (Å²) in [4.78, 5) is 14.9. The number of aryl methyl sites for hydroxylation is 1. The molecule has 0 bridgehead atoms. The molecule has 0 saturated carbocycles. The number of aliphatic carboxylic acids is 1. The van der Waals surface area contributed by atoms with Crippen LogP contribution in [0, 0.1) is 12.8 Å². The van der Waals surface area contributed by atoms with Gasteiger partial charge in [0.15, 0.2) is 5.65 Å². The minimum Gasteiger partial charge on any atom is -0.480 e. The molecule has 8 nitrogen and oxygen atoms in total. The highest BCUT2D eigenvalue weighted by molar-refractivity contribution is 7.89. The van der Waals surface area contributed by atoms with Crippen LogP contribution >= 0.6 is 11.6 Å². The molecule has 2 N–H and O–H groups in total. The highest BCUT2D eigenvalue weighted by Crippen LogP contribution is 2.20. The topological polar surface area (TPSA) is 114 Å². The third-order valence-corrected chi connectivity index (χ3v) is 4.92. The second-order valence-electron chi connectivity index (χ2n) is 5.14. The summed E-state index contributed by atoms with van der Waals surface area (Å²) in [5, 5.41) is 13.5. The summed E-state index contributed by atoms with van der Waals surface area (Å²) in [6.07, 6.45) is 2.35. The average Bonchev–Trinajstić information content (AvgIpc) is 2.70. The van der Waals surface area contributed by atoms with E-state index >= 15 is 0 Å². The number of nitrogens with zero attached hydrogens (tertiary/aromatic N) is 3. The van der Waals surface area contributed by atoms with Gasteiger partial charge >= 0.3 is 5.97 Å². The van der Waals surface area contributed by atoms with Crippen LogP contribution in [0.2, 0.25) is 5.02 Å². The van der Waals surface area contributed by atoms with E-state index in [4.69, 9.17) is 16.7 Å². The first kappa shape index (κ1) is 16.7. The summed E-state index contributed by atoms with van der Waals surface area (Å²) in [5.41, 5.74) is 0.846. The average molecular weight is 347 g/mol. The number of halogens is 1. The van der Waals surface area contributed by atoms with Crippen LogP contribution in [-0.2, 0) is 14.8 Å². The molecule has 0 aliphatic rings. The predicted molar refractivity (Wildman–Crippen MR) is 79.3 cm³/mol. The number of carboxylic acid groups (broad SMARTS) is 1. The van der Waals surface area contributed by atoms with Gasteiger partial charge in [-0.05, 0) is 12.8 Å². The van der Waals surface area contributed by atoms with Crippen molar-refractivity contribution in [3.05, 3.63) is 23.1 Å². The highest BCUT2D eigenvalue weighted by Gasteiger charge is 2.28. The number of carbonyl (C=O) groups is 1. The Bertz CT molecular complexity index is 831. The lowest BCUT2D eigenvalue weighted by Gasteiger charge is -2.17. The highest BCUT2D eigenvalue weighted by atomic mass is 35.5. The van der Waals surface area contributed by atoms with Gasteiger partial charge in [0, 0.05) is 0 Å². The van der Waals surface area contributed by atoms with E-state index < -0.39 is 28.0 Å². The minimum absolute atomic E-state index is 0.189. The SMILES string of the molecule is Cc1nn2cc(S(=O)(=O)N[C@H](C(=O)O)C(C)C)cnc2c1Cl. The standard InChI is InChI=1S/C12H15ClN4O4S/c1-6(2)10(12(18)19)16-22(20,21)8-4-14-11-9(13)7(3)15-17(11)5-8/h4-6,10,16H,1-3H3,(H,18,19)/t10-/m0/s1. The van der Waals surface area contributed by atoms with Gasteiger partial charge in [-0.3, -0.25) is 4.79 Å². The molecule has 1 atom stereocenters. The zero-order chi connectivity index (χ0) is 16.7. The van der Waals surface area contributed by atoms with Crippen molar-refractivity contribution in [2.24, 2.45) is 5.92 Å². The van der Waals surface area contributed by atoms with Crippen LogP contribution in [-0.4, -0.2) is 40.1 Å². The molecule has 0 radical (unpaired) electrons. The van der Waals surface area contributed by atoms with Crippen molar-refractivity contribution in [2.45, 2.75) is 31.7 Å². The number of aromatic nitrogens is 3. The molecule has 0 unspecified atom stereocenters. The number of carboxylic acids is 1. The number of hydrogen-bond acceptors (Lipinski definition) is 5. The van der Waals surface area contributed by atoms with Gasteiger partial charge in [-0.1, -0.05) is 25.4 Å². The number of sulfonamides is 1. The van der Waals surface area contributed by atoms with E-state index in [1.165, 1.54) is 10.7 Å². The largest absolute Gasteiger partial charge is 0.480 e. The molecule has 2 aromatic heterocycles. The van der Waals surface area contributed by atoms with Gasteiger partial charge in [-0.2, -0.15) is 9.82 Å². The van der Waals surface area contributed by atoms with E-state index in [0.717, 1.165) is 6.20 Å². The Labute approximate surface area is 132 Å². The van der Waals surface area contributed by atoms with Gasteiger partial charge < -0.3 is 5.11 Å². The van der Waals surface area contributed by atoms with Crippen molar-refractivity contribution in [1.29, 1.82) is 0 Å². The number of fused-ring (bicyclic) bond motifs is 1. The number of nitrogens with one attached hydrogen (secondary N) is 1. The quantitative estimate of drug-likeness (QED) is 0.837. The van der Waals surface area contributed by atoms with Crippen LogP contribution in [0.15, 0.2) is 17.3 Å². The van der Waals surface area contributed by atoms with E-state index in [-0.39, 0.29) is 4.90 Å². The van der Waals surface area contributed by atoms with E-state index in [0.29, 0.717) is 16.4 Å². The van der Waals surface area contributed by atoms with Gasteiger partial charge in [0.2, 0.25) is 10.0 Å². The van der Waals surface area contributed by atoms with Crippen molar-refractivity contribution in [2.75, 3.05) is 0 Å². The fourth-order valence-electron chi connectivity index (χ4n) is 1.85. The van der Waals surface area contributed by atoms with Gasteiger partial charge in [0.1, 0.15) is 16.0 Å². The second kappa shape index (κ2) is 5.82. The van der Waals surface area contributed by atoms with E-state index in [2.05, 4.69) is 14.8 Å². The van der Waals surface area contributed by atoms with Crippen LogP contribution in [0.3, 0.4) is 0 Å². The molecule has 2 aromatic rings. The third-order valence-electron chi connectivity index (χ3n) is 3.08. The number of rotatable bonds is 5. The number of hydrogen-bond donors (Lipinski definition) is 2. The maximum atomic E-state index is 12.3. The first-order valence-corrected chi connectivity index (χ1v) is 8.25. The van der Waals surface area contributed by atoms with Crippen LogP contribution in [0.1, 0.15) is 19.5 Å². The molecular formula is C12H15ClN4O4S. The predicted octanol–water partition coefficient (Wildman–Crippen LogP) is 1.08. The lowest BCUT2D eigenvalue weighted by atomic mass is 10.1. The monoisotopic (exact) mass is 346 g/mol. The molecule has 0 fully saturated rings. The molecule has 0 aromatic carbocycles. The Kier molecular flexibility index (Phi) is 4.41. The van der Waals surface area contributed by atoms with Gasteiger partial charge in [-0.15, -0.1) is 0 Å². The zero-order valence-corrected chi connectivity index (χ0v) is 13.7. The summed E-state index contributed by atoms with van der Waals surface area (Å²) in [5.74, 6) is -1.66. The van der Waals surface area contributed by atoms with Gasteiger partial charge in [0.25, 0.3) is 0 Å². The molecule has 0 saturated heterocycles. The second-order valence-corrected chi connectivity index (χ2v) is 7.23. The normalized spacial score (nSPS) is 13.7. The zero-order valence-electron chi connectivity index (χ0n) is 12.1. The summed E-state index contributed by atoms with van der Waals surface area (Å²) in [6.45, 7) is 4.89. The van der Waals surface area contributed by atoms with E-state index in [1.807, 2.05) is 0 Å². The van der Waals surface area contributed by atoms with Crippen LogP contribution in [0.25, 0.3) is 5.65 Å². The van der Waals surface area contributed by atoms with Crippen molar-refractivity contribution in [1.82, 2.24) is 19.3 Å². The fourth-order valence-corrected chi connectivity index (χ4v) is 3.29. The summed E-state index contributed by atoms with van der Waals surface area (Å²) in [7, 11) is -4.04. The Morgan fingerprint density at radius 3 is 2.64 bits per heavy atom. The van der Waals surface area contributed by atoms with Crippen LogP contribution in [0.4, 0.5) is 0 Å². The van der Waals surface area contributed by atoms with Crippen molar-refractivity contribution < 1.29 is 18.3 Å². The maximum Gasteiger partial charge on any atom is 0.322 e. The molecular weight excluding hydrogens is 332 g/mol. The molecule has 120 valence electrons. The Hall–Kier alpha value is -1.71. The molecule has 10 heteroatoms. The molecule has 22 heavy (non-hydrogen) atoms. The lowest BCUT2D eigenvalue weighted by Crippen LogP contribution is -2.44. The fraction of sp³-hybridized carbons (Fsp3) is 0.417. The molecule has 0 aliphatic heterocycles. The molecule has 0 amide bonds. The summed E-state index contributed by atoms with van der Waals surface area (Å²) < 4.78 is 28.0. The molecule has 2 heterocycles. The first-order chi connectivity index (χ1) is 10.1. The minimum atomic E-state index is -4.04. The van der Waals surface area contributed by atoms with E-state index in [1.54, 1.807) is 20.8 Å². The smallest absolute Gasteiger partial charge is 0.322 e. The Morgan fingerprint density at radius 2 is 2.09 bits per heavy atom. The van der Waals surface area contributed by atoms with Crippen molar-refractivity contribution >= 4 is 33.2 Å². The third kappa shape index (κ3) is 3.06. The van der Waals surface area contributed by atoms with Gasteiger partial charge in [-0.25, -0.2) is 17.9 Å². The van der Waals surface area contributed by atoms with Crippen molar-refractivity contribution in [3.8, 4) is 0 Å². The Morgan fingerprint density at radius 1 is 1.45 bits per heavy atom. The molecule has 0 aliphatic carbocycles. The molecule has 2 rings (SSSR count). The summed E-state index contributed by atoms with van der Waals surface area (Å²) in [6, 6.07) is -1.23. The first-order valence-electron chi connectivity index (χ1n) is 6.39. The maximum absolute atomic E-state index is 12.3. The lowest BCUT2D eigenvalue weighted by molar-refractivity contribution is -0.140. The van der Waals surface area contributed by atoms with Crippen LogP contribution in [0.5, 0.6) is 0 Å². The Balaban J connectivity index is 2.43.